The fourth-order valence-electron chi connectivity index (χ4n) is 1.50. The first-order chi connectivity index (χ1) is 7.26. The summed E-state index contributed by atoms with van der Waals surface area (Å²) in [7, 11) is -1.26. The van der Waals surface area contributed by atoms with Crippen LogP contribution in [-0.2, 0) is 19.8 Å². The van der Waals surface area contributed by atoms with Crippen LogP contribution in [0.25, 0.3) is 0 Å². The van der Waals surface area contributed by atoms with Crippen molar-refractivity contribution in [2.75, 3.05) is 20.6 Å². The maximum absolute atomic E-state index is 11.8. The van der Waals surface area contributed by atoms with Gasteiger partial charge in [0.1, 0.15) is 11.8 Å². The van der Waals surface area contributed by atoms with E-state index in [2.05, 4.69) is 0 Å². The number of aliphatic carboxylic acids is 1. The van der Waals surface area contributed by atoms with E-state index >= 15 is 0 Å². The third-order valence-corrected chi connectivity index (χ3v) is 4.32. The Morgan fingerprint density at radius 2 is 2.06 bits per heavy atom. The van der Waals surface area contributed by atoms with Crippen molar-refractivity contribution in [1.82, 2.24) is 8.61 Å². The molecule has 1 heterocycles. The van der Waals surface area contributed by atoms with Crippen LogP contribution in [0.15, 0.2) is 0 Å². The molecule has 0 bridgehead atoms. The van der Waals surface area contributed by atoms with Gasteiger partial charge >= 0.3 is 5.97 Å². The van der Waals surface area contributed by atoms with Gasteiger partial charge in [0, 0.05) is 20.5 Å². The van der Waals surface area contributed by atoms with Crippen molar-refractivity contribution in [3.8, 4) is 0 Å². The molecule has 7 nitrogen and oxygen atoms in total. The van der Waals surface area contributed by atoms with Crippen LogP contribution >= 0.6 is 0 Å². The lowest BCUT2D eigenvalue weighted by atomic mass is 10.0. The topological polar surface area (TPSA) is 95.0 Å². The number of rotatable bonds is 3. The Labute approximate surface area is 93.8 Å². The second-order valence-corrected chi connectivity index (χ2v) is 5.86. The zero-order valence-corrected chi connectivity index (χ0v) is 9.90. The van der Waals surface area contributed by atoms with Crippen molar-refractivity contribution in [3.63, 3.8) is 0 Å². The van der Waals surface area contributed by atoms with E-state index in [9.17, 15) is 18.0 Å². The largest absolute Gasteiger partial charge is 0.480 e. The predicted molar refractivity (Wildman–Crippen MR) is 55.0 cm³/mol. The van der Waals surface area contributed by atoms with Crippen molar-refractivity contribution in [2.24, 2.45) is 0 Å². The third-order valence-electron chi connectivity index (χ3n) is 2.42. The van der Waals surface area contributed by atoms with Crippen molar-refractivity contribution < 1.29 is 23.1 Å². The second kappa shape index (κ2) is 4.48. The van der Waals surface area contributed by atoms with Crippen molar-refractivity contribution >= 4 is 22.0 Å². The Hall–Kier alpha value is -0.990. The molecule has 8 heteroatoms. The second-order valence-electron chi connectivity index (χ2n) is 3.77. The number of nitrogens with zero attached hydrogens (tertiary/aromatic N) is 2. The number of hydrogen-bond donors (Lipinski definition) is 1. The average molecular weight is 250 g/mol. The van der Waals surface area contributed by atoms with Gasteiger partial charge in [-0.15, -0.1) is 0 Å². The molecule has 1 N–H and O–H groups in total. The van der Waals surface area contributed by atoms with Crippen LogP contribution in [0.2, 0.25) is 0 Å². The van der Waals surface area contributed by atoms with E-state index in [1.807, 2.05) is 0 Å². The maximum atomic E-state index is 11.8. The summed E-state index contributed by atoms with van der Waals surface area (Å²) >= 11 is 0. The summed E-state index contributed by atoms with van der Waals surface area (Å²) in [5.41, 5.74) is 0. The molecule has 0 amide bonds. The van der Waals surface area contributed by atoms with Crippen LogP contribution in [-0.4, -0.2) is 60.6 Å². The van der Waals surface area contributed by atoms with Gasteiger partial charge in [0.15, 0.2) is 0 Å². The quantitative estimate of drug-likeness (QED) is 0.686. The van der Waals surface area contributed by atoms with Gasteiger partial charge in [0.2, 0.25) is 0 Å². The molecule has 0 aromatic carbocycles. The molecule has 1 aliphatic rings. The van der Waals surface area contributed by atoms with Crippen LogP contribution in [0.3, 0.4) is 0 Å². The van der Waals surface area contributed by atoms with Gasteiger partial charge in [0.05, 0.1) is 6.54 Å². The molecule has 1 aliphatic heterocycles. The average Bonchev–Trinajstić information content (AvgIpc) is 2.16. The van der Waals surface area contributed by atoms with E-state index in [-0.39, 0.29) is 25.2 Å². The molecule has 0 aromatic heterocycles. The monoisotopic (exact) mass is 250 g/mol. The van der Waals surface area contributed by atoms with Crippen LogP contribution in [0.4, 0.5) is 0 Å². The number of Topliss-reactive ketones (excluding diaryl/α,β-unsaturated/α-hetero) is 1. The molecule has 1 atom stereocenters. The predicted octanol–water partition coefficient (Wildman–Crippen LogP) is -1.09. The SMILES string of the molecule is CN(C)S(=O)(=O)N1CC(=O)CCC1C(=O)O. The molecule has 92 valence electrons. The van der Waals surface area contributed by atoms with Gasteiger partial charge in [-0.1, -0.05) is 0 Å². The molecular weight excluding hydrogens is 236 g/mol. The maximum Gasteiger partial charge on any atom is 0.322 e. The standard InChI is InChI=1S/C8H14N2O5S/c1-9(2)16(14,15)10-5-6(11)3-4-7(10)8(12)13/h7H,3-5H2,1-2H3,(H,12,13). The molecule has 0 radical (unpaired) electrons. The highest BCUT2D eigenvalue weighted by Crippen LogP contribution is 2.19. The van der Waals surface area contributed by atoms with E-state index in [4.69, 9.17) is 5.11 Å². The molecule has 0 aliphatic carbocycles. The van der Waals surface area contributed by atoms with Gasteiger partial charge in [-0.05, 0) is 6.42 Å². The normalized spacial score (nSPS) is 23.7. The summed E-state index contributed by atoms with van der Waals surface area (Å²) in [6, 6.07) is -1.15. The first-order valence-corrected chi connectivity index (χ1v) is 6.10. The van der Waals surface area contributed by atoms with E-state index in [1.54, 1.807) is 0 Å². The highest BCUT2D eigenvalue weighted by atomic mass is 32.2. The lowest BCUT2D eigenvalue weighted by Gasteiger charge is -2.32. The van der Waals surface area contributed by atoms with E-state index in [1.165, 1.54) is 14.1 Å². The summed E-state index contributed by atoms with van der Waals surface area (Å²) in [5, 5.41) is 8.90. The van der Waals surface area contributed by atoms with Crippen molar-refractivity contribution in [2.45, 2.75) is 18.9 Å². The number of carbonyl (C=O) groups is 2. The van der Waals surface area contributed by atoms with Crippen LogP contribution in [0, 0.1) is 0 Å². The number of carboxylic acids is 1. The van der Waals surface area contributed by atoms with Crippen molar-refractivity contribution in [1.29, 1.82) is 0 Å². The Morgan fingerprint density at radius 1 is 1.50 bits per heavy atom. The minimum atomic E-state index is -3.86. The first kappa shape index (κ1) is 13.1. The summed E-state index contributed by atoms with van der Waals surface area (Å²) in [4.78, 5) is 22.1. The Morgan fingerprint density at radius 3 is 2.50 bits per heavy atom. The van der Waals surface area contributed by atoms with Crippen LogP contribution in [0.1, 0.15) is 12.8 Å². The van der Waals surface area contributed by atoms with Gasteiger partial charge in [-0.25, -0.2) is 0 Å². The minimum Gasteiger partial charge on any atom is -0.480 e. The van der Waals surface area contributed by atoms with E-state index in [0.717, 1.165) is 8.61 Å². The van der Waals surface area contributed by atoms with Gasteiger partial charge in [-0.2, -0.15) is 17.0 Å². The van der Waals surface area contributed by atoms with Gasteiger partial charge < -0.3 is 5.11 Å². The van der Waals surface area contributed by atoms with E-state index in [0.29, 0.717) is 0 Å². The summed E-state index contributed by atoms with van der Waals surface area (Å²) in [5.74, 6) is -1.49. The third kappa shape index (κ3) is 2.39. The Kier molecular flexibility index (Phi) is 3.66. The van der Waals surface area contributed by atoms with Gasteiger partial charge in [0.25, 0.3) is 10.2 Å². The van der Waals surface area contributed by atoms with E-state index < -0.39 is 22.2 Å². The summed E-state index contributed by atoms with van der Waals surface area (Å²) < 4.78 is 25.2. The molecule has 1 rings (SSSR count). The first-order valence-electron chi connectivity index (χ1n) is 4.70. The number of carboxylic acid groups (broad SMARTS) is 1. The highest BCUT2D eigenvalue weighted by Gasteiger charge is 2.40. The summed E-state index contributed by atoms with van der Waals surface area (Å²) in [6.07, 6.45) is 0.137. The fourth-order valence-corrected chi connectivity index (χ4v) is 2.75. The molecule has 0 spiro atoms. The molecule has 0 saturated carbocycles. The number of hydrogen-bond acceptors (Lipinski definition) is 4. The lowest BCUT2D eigenvalue weighted by Crippen LogP contribution is -2.54. The van der Waals surface area contributed by atoms with Crippen LogP contribution < -0.4 is 0 Å². The summed E-state index contributed by atoms with van der Waals surface area (Å²) in [6.45, 7) is -0.364. The molecule has 0 aromatic rings. The number of carbonyl (C=O) groups excluding carboxylic acids is 1. The van der Waals surface area contributed by atoms with Gasteiger partial charge in [-0.3, -0.25) is 9.59 Å². The minimum absolute atomic E-state index is 0.0290. The number of piperidine rings is 1. The number of ketones is 1. The fraction of sp³-hybridized carbons (Fsp3) is 0.750. The highest BCUT2D eigenvalue weighted by molar-refractivity contribution is 7.86. The molecular formula is C8H14N2O5S. The lowest BCUT2D eigenvalue weighted by molar-refractivity contribution is -0.143. The molecule has 1 saturated heterocycles. The van der Waals surface area contributed by atoms with Crippen LogP contribution in [0.5, 0.6) is 0 Å². The van der Waals surface area contributed by atoms with Crippen molar-refractivity contribution in [3.05, 3.63) is 0 Å². The molecule has 16 heavy (non-hydrogen) atoms. The zero-order valence-electron chi connectivity index (χ0n) is 9.08. The Bertz CT molecular complexity index is 403. The Balaban J connectivity index is 3.05. The zero-order chi connectivity index (χ0) is 12.5. The molecule has 1 unspecified atom stereocenters. The molecule has 1 fully saturated rings. The smallest absolute Gasteiger partial charge is 0.322 e.